The molecular formula is C22H32N2O4. The maximum atomic E-state index is 12.5. The molecular weight excluding hydrogens is 356 g/mol. The smallest absolute Gasteiger partial charge is 0.161 e. The summed E-state index contributed by atoms with van der Waals surface area (Å²) in [4.78, 5) is 29.2. The Balaban J connectivity index is 1.87. The lowest BCUT2D eigenvalue weighted by Gasteiger charge is -2.68. The molecule has 0 spiro atoms. The Morgan fingerprint density at radius 1 is 1.32 bits per heavy atom. The standard InChI is InChI=1S/C22H32N2O4/c1-19-8-6-14(26)10-13(19)4-5-17-21(24-3)9-7-15(16(27)12-25)20(21,2)11-18(28)22(17,19)23/h10,15,17-18,25,28H,3-9,11-12,23H2,1-2H3/t15-,17+,18+,19+,20-,21-,22+/m1/s1. The Morgan fingerprint density at radius 2 is 2.04 bits per heavy atom. The molecule has 7 atom stereocenters. The number of carbonyl (C=O) groups excluding carboxylic acids is 2. The van der Waals surface area contributed by atoms with Crippen LogP contribution in [0.4, 0.5) is 0 Å². The van der Waals surface area contributed by atoms with Crippen LogP contribution in [0.15, 0.2) is 16.6 Å². The summed E-state index contributed by atoms with van der Waals surface area (Å²) in [5.74, 6) is -0.524. The number of aliphatic imine (C=N–C) groups is 1. The van der Waals surface area contributed by atoms with Crippen molar-refractivity contribution in [1.82, 2.24) is 0 Å². The summed E-state index contributed by atoms with van der Waals surface area (Å²) in [6.45, 7) is 7.56. The van der Waals surface area contributed by atoms with Crippen molar-refractivity contribution < 1.29 is 19.8 Å². The average Bonchev–Trinajstić information content (AvgIpc) is 2.96. The molecule has 0 aromatic rings. The third-order valence-corrected chi connectivity index (χ3v) is 9.29. The van der Waals surface area contributed by atoms with Gasteiger partial charge in [-0.3, -0.25) is 14.6 Å². The molecule has 4 N–H and O–H groups in total. The minimum Gasteiger partial charge on any atom is -0.391 e. The molecule has 4 aliphatic carbocycles. The Morgan fingerprint density at radius 3 is 2.68 bits per heavy atom. The summed E-state index contributed by atoms with van der Waals surface area (Å²) >= 11 is 0. The van der Waals surface area contributed by atoms with Gasteiger partial charge in [0.25, 0.3) is 0 Å². The van der Waals surface area contributed by atoms with Crippen LogP contribution in [0.5, 0.6) is 0 Å². The van der Waals surface area contributed by atoms with Gasteiger partial charge in [0, 0.05) is 29.1 Å². The average molecular weight is 389 g/mol. The summed E-state index contributed by atoms with van der Waals surface area (Å²) in [5, 5.41) is 21.0. The molecule has 0 aromatic carbocycles. The molecule has 0 radical (unpaired) electrons. The molecule has 4 aliphatic rings. The van der Waals surface area contributed by atoms with Crippen molar-refractivity contribution in [3.63, 3.8) is 0 Å². The molecule has 28 heavy (non-hydrogen) atoms. The lowest BCUT2D eigenvalue weighted by atomic mass is 9.40. The van der Waals surface area contributed by atoms with Crippen LogP contribution in [-0.4, -0.2) is 52.3 Å². The fraction of sp³-hybridized carbons (Fsp3) is 0.773. The molecule has 3 saturated carbocycles. The first-order valence-corrected chi connectivity index (χ1v) is 10.4. The molecule has 6 nitrogen and oxygen atoms in total. The van der Waals surface area contributed by atoms with Crippen molar-refractivity contribution in [3.8, 4) is 0 Å². The highest BCUT2D eigenvalue weighted by Gasteiger charge is 2.74. The number of nitrogens with zero attached hydrogens (tertiary/aromatic N) is 1. The van der Waals surface area contributed by atoms with E-state index in [0.29, 0.717) is 32.1 Å². The summed E-state index contributed by atoms with van der Waals surface area (Å²) < 4.78 is 0. The van der Waals surface area contributed by atoms with Crippen molar-refractivity contribution in [2.75, 3.05) is 6.61 Å². The van der Waals surface area contributed by atoms with E-state index in [9.17, 15) is 19.8 Å². The Hall–Kier alpha value is -1.37. The van der Waals surface area contributed by atoms with E-state index in [1.807, 2.05) is 6.92 Å². The van der Waals surface area contributed by atoms with Gasteiger partial charge in [-0.25, -0.2) is 0 Å². The van der Waals surface area contributed by atoms with Crippen LogP contribution in [0.3, 0.4) is 0 Å². The van der Waals surface area contributed by atoms with Crippen LogP contribution < -0.4 is 5.73 Å². The molecule has 0 heterocycles. The predicted molar refractivity (Wildman–Crippen MR) is 106 cm³/mol. The summed E-state index contributed by atoms with van der Waals surface area (Å²) in [7, 11) is 0. The molecule has 0 amide bonds. The van der Waals surface area contributed by atoms with Gasteiger partial charge in [-0.15, -0.1) is 0 Å². The van der Waals surface area contributed by atoms with E-state index in [1.54, 1.807) is 6.08 Å². The highest BCUT2D eigenvalue weighted by Crippen LogP contribution is 2.70. The second-order valence-corrected chi connectivity index (χ2v) is 9.93. The lowest BCUT2D eigenvalue weighted by molar-refractivity contribution is -0.162. The minimum atomic E-state index is -0.921. The number of Topliss-reactive ketones (excluding diaryl/α,β-unsaturated/α-hetero) is 1. The number of ketones is 2. The maximum absolute atomic E-state index is 12.5. The Labute approximate surface area is 166 Å². The van der Waals surface area contributed by atoms with Crippen molar-refractivity contribution in [3.05, 3.63) is 11.6 Å². The lowest BCUT2D eigenvalue weighted by Crippen LogP contribution is -2.78. The minimum absolute atomic E-state index is 0.127. The first kappa shape index (κ1) is 19.9. The maximum Gasteiger partial charge on any atom is 0.161 e. The third-order valence-electron chi connectivity index (χ3n) is 9.29. The van der Waals surface area contributed by atoms with E-state index < -0.39 is 34.6 Å². The van der Waals surface area contributed by atoms with E-state index in [1.165, 1.54) is 0 Å². The number of carbonyl (C=O) groups is 2. The summed E-state index contributed by atoms with van der Waals surface area (Å²) in [6, 6.07) is 0. The highest BCUT2D eigenvalue weighted by atomic mass is 16.3. The van der Waals surface area contributed by atoms with E-state index in [2.05, 4.69) is 18.6 Å². The second kappa shape index (κ2) is 6.07. The predicted octanol–water partition coefficient (Wildman–Crippen LogP) is 1.57. The SMILES string of the molecule is C=N[C@@]12CC[C@H](C(=O)CO)[C@@]1(C)C[C@H](O)[C@@]1(N)[C@H]2CCC2=CC(=O)CC[C@@]21C. The number of hydrogen-bond donors (Lipinski definition) is 3. The molecule has 0 aliphatic heterocycles. The molecule has 3 fully saturated rings. The van der Waals surface area contributed by atoms with Gasteiger partial charge in [0.1, 0.15) is 6.61 Å². The number of nitrogens with two attached hydrogens (primary N) is 1. The molecule has 0 unspecified atom stereocenters. The normalized spacial score (nSPS) is 50.2. The number of hydrogen-bond acceptors (Lipinski definition) is 6. The van der Waals surface area contributed by atoms with Crippen LogP contribution in [0.25, 0.3) is 0 Å². The molecule has 0 bridgehead atoms. The van der Waals surface area contributed by atoms with Gasteiger partial charge in [0.05, 0.1) is 17.2 Å². The van der Waals surface area contributed by atoms with Crippen LogP contribution in [0.2, 0.25) is 0 Å². The molecule has 0 aromatic heterocycles. The van der Waals surface area contributed by atoms with Gasteiger partial charge >= 0.3 is 0 Å². The van der Waals surface area contributed by atoms with E-state index in [-0.39, 0.29) is 23.4 Å². The first-order chi connectivity index (χ1) is 13.1. The van der Waals surface area contributed by atoms with Gasteiger partial charge in [-0.05, 0) is 51.3 Å². The summed E-state index contributed by atoms with van der Waals surface area (Å²) in [6.07, 6.45) is 5.15. The van der Waals surface area contributed by atoms with Crippen molar-refractivity contribution in [1.29, 1.82) is 0 Å². The van der Waals surface area contributed by atoms with Crippen molar-refractivity contribution in [2.45, 2.75) is 76.0 Å². The molecule has 6 heteroatoms. The summed E-state index contributed by atoms with van der Waals surface area (Å²) in [5.41, 5.74) is 5.62. The van der Waals surface area contributed by atoms with Gasteiger partial charge < -0.3 is 15.9 Å². The number of aliphatic hydroxyl groups excluding tert-OH is 2. The van der Waals surface area contributed by atoms with Crippen molar-refractivity contribution >= 4 is 18.3 Å². The molecule has 154 valence electrons. The first-order valence-electron chi connectivity index (χ1n) is 10.4. The quantitative estimate of drug-likeness (QED) is 0.635. The van der Waals surface area contributed by atoms with Crippen LogP contribution in [-0.2, 0) is 9.59 Å². The number of rotatable bonds is 3. The number of aliphatic hydroxyl groups is 2. The molecule has 0 saturated heterocycles. The topological polar surface area (TPSA) is 113 Å². The fourth-order valence-corrected chi connectivity index (χ4v) is 7.69. The van der Waals surface area contributed by atoms with Crippen LogP contribution in [0.1, 0.15) is 58.8 Å². The van der Waals surface area contributed by atoms with Crippen molar-refractivity contribution in [2.24, 2.45) is 33.4 Å². The largest absolute Gasteiger partial charge is 0.391 e. The Kier molecular flexibility index (Phi) is 4.32. The third kappa shape index (κ3) is 2.06. The van der Waals surface area contributed by atoms with Gasteiger partial charge in [0.15, 0.2) is 11.6 Å². The van der Waals surface area contributed by atoms with Gasteiger partial charge in [0.2, 0.25) is 0 Å². The number of fused-ring (bicyclic) bond motifs is 5. The highest BCUT2D eigenvalue weighted by molar-refractivity contribution is 5.92. The van der Waals surface area contributed by atoms with E-state index in [0.717, 1.165) is 18.4 Å². The van der Waals surface area contributed by atoms with Crippen LogP contribution in [0, 0.1) is 22.7 Å². The zero-order chi connectivity index (χ0) is 20.5. The van der Waals surface area contributed by atoms with E-state index >= 15 is 0 Å². The Bertz CT molecular complexity index is 778. The zero-order valence-electron chi connectivity index (χ0n) is 16.9. The monoisotopic (exact) mass is 388 g/mol. The van der Waals surface area contributed by atoms with Crippen LogP contribution >= 0.6 is 0 Å². The fourth-order valence-electron chi connectivity index (χ4n) is 7.69. The van der Waals surface area contributed by atoms with Gasteiger partial charge in [-0.2, -0.15) is 0 Å². The van der Waals surface area contributed by atoms with Gasteiger partial charge in [-0.1, -0.05) is 19.4 Å². The van der Waals surface area contributed by atoms with E-state index in [4.69, 9.17) is 5.73 Å². The zero-order valence-corrected chi connectivity index (χ0v) is 16.9. The molecule has 4 rings (SSSR count). The second-order valence-electron chi connectivity index (χ2n) is 9.93.